The number of pyridine rings is 2. The van der Waals surface area contributed by atoms with Crippen LogP contribution in [0.1, 0.15) is 15.5 Å². The van der Waals surface area contributed by atoms with E-state index in [0.717, 1.165) is 22.0 Å². The maximum absolute atomic E-state index is 7.85. The summed E-state index contributed by atoms with van der Waals surface area (Å²) in [5.41, 5.74) is 3.54. The van der Waals surface area contributed by atoms with E-state index in [-0.39, 0.29) is 5.69 Å². The van der Waals surface area contributed by atoms with Crippen LogP contribution in [0.5, 0.6) is 0 Å². The molecule has 0 spiro atoms. The molecular formula is C19H17N2O+. The minimum Gasteiger partial charge on any atom is -0.454 e. The minimum absolute atomic E-state index is 0.0125. The van der Waals surface area contributed by atoms with Crippen molar-refractivity contribution in [2.24, 2.45) is 7.05 Å². The minimum atomic E-state index is -2.34. The van der Waals surface area contributed by atoms with Gasteiger partial charge in [0.05, 0.1) is 17.0 Å². The molecule has 0 unspecified atom stereocenters. The number of benzene rings is 1. The van der Waals surface area contributed by atoms with E-state index in [1.807, 2.05) is 67.2 Å². The number of para-hydroxylation sites is 1. The number of rotatable bonds is 1. The largest absolute Gasteiger partial charge is 0.454 e. The third kappa shape index (κ3) is 1.75. The van der Waals surface area contributed by atoms with Gasteiger partial charge in [0.2, 0.25) is 5.69 Å². The number of aromatic nitrogens is 2. The Kier molecular flexibility index (Phi) is 2.15. The summed E-state index contributed by atoms with van der Waals surface area (Å²) < 4.78 is 31.5. The zero-order chi connectivity index (χ0) is 17.8. The van der Waals surface area contributed by atoms with E-state index in [4.69, 9.17) is 8.53 Å². The second-order valence-electron chi connectivity index (χ2n) is 5.42. The molecule has 0 atom stereocenters. The van der Waals surface area contributed by atoms with Crippen LogP contribution in [0.15, 0.2) is 53.1 Å². The topological polar surface area (TPSA) is 29.9 Å². The number of furan rings is 1. The fraction of sp³-hybridized carbons (Fsp3) is 0.158. The number of aryl methyl sites for hydroxylation is 3. The molecule has 108 valence electrons. The Bertz CT molecular complexity index is 1110. The van der Waals surface area contributed by atoms with Crippen molar-refractivity contribution in [1.82, 2.24) is 4.98 Å². The first-order chi connectivity index (χ1) is 11.9. The maximum Gasteiger partial charge on any atom is 0.214 e. The predicted molar refractivity (Wildman–Crippen MR) is 87.6 cm³/mol. The molecule has 0 aliphatic carbocycles. The Labute approximate surface area is 133 Å². The average molecular weight is 292 g/mol. The molecule has 22 heavy (non-hydrogen) atoms. The van der Waals surface area contributed by atoms with Gasteiger partial charge in [-0.25, -0.2) is 4.57 Å². The summed E-state index contributed by atoms with van der Waals surface area (Å²) in [5.74, 6) is 0. The van der Waals surface area contributed by atoms with Crippen molar-refractivity contribution in [3.8, 4) is 11.3 Å². The Morgan fingerprint density at radius 3 is 2.73 bits per heavy atom. The first-order valence-corrected chi connectivity index (χ1v) is 7.15. The average Bonchev–Trinajstić information content (AvgIpc) is 2.93. The molecule has 3 aromatic heterocycles. The molecule has 4 aromatic rings. The quantitative estimate of drug-likeness (QED) is 0.495. The molecule has 0 amide bonds. The number of hydrogen-bond donors (Lipinski definition) is 0. The lowest BCUT2D eigenvalue weighted by atomic mass is 10.0. The molecule has 0 bridgehead atoms. The Morgan fingerprint density at radius 1 is 1.09 bits per heavy atom. The fourth-order valence-corrected chi connectivity index (χ4v) is 3.01. The van der Waals surface area contributed by atoms with Gasteiger partial charge in [-0.15, -0.1) is 0 Å². The molecule has 3 heteroatoms. The van der Waals surface area contributed by atoms with Crippen molar-refractivity contribution < 1.29 is 13.1 Å². The second-order valence-corrected chi connectivity index (χ2v) is 5.42. The third-order valence-electron chi connectivity index (χ3n) is 4.01. The highest BCUT2D eigenvalue weighted by Crippen LogP contribution is 2.37. The van der Waals surface area contributed by atoms with Crippen LogP contribution >= 0.6 is 0 Å². The maximum atomic E-state index is 7.85. The van der Waals surface area contributed by atoms with Crippen LogP contribution in [0.4, 0.5) is 0 Å². The van der Waals surface area contributed by atoms with E-state index >= 15 is 0 Å². The van der Waals surface area contributed by atoms with E-state index in [1.165, 1.54) is 0 Å². The van der Waals surface area contributed by atoms with Gasteiger partial charge in [0.25, 0.3) is 0 Å². The van der Waals surface area contributed by atoms with Crippen LogP contribution in [0.3, 0.4) is 0 Å². The van der Waals surface area contributed by atoms with Gasteiger partial charge in [-0.1, -0.05) is 18.2 Å². The van der Waals surface area contributed by atoms with E-state index in [9.17, 15) is 0 Å². The Balaban J connectivity index is 2.25. The van der Waals surface area contributed by atoms with Gasteiger partial charge in [0.1, 0.15) is 12.6 Å². The van der Waals surface area contributed by atoms with Crippen molar-refractivity contribution >= 4 is 21.9 Å². The smallest absolute Gasteiger partial charge is 0.214 e. The summed E-state index contributed by atoms with van der Waals surface area (Å²) in [7, 11) is 1.96. The first kappa shape index (κ1) is 10.1. The molecule has 3 heterocycles. The van der Waals surface area contributed by atoms with Crippen molar-refractivity contribution in [3.63, 3.8) is 0 Å². The summed E-state index contributed by atoms with van der Waals surface area (Å²) >= 11 is 0. The number of fused-ring (bicyclic) bond motifs is 3. The van der Waals surface area contributed by atoms with Crippen LogP contribution in [-0.2, 0) is 7.05 Å². The van der Waals surface area contributed by atoms with Crippen molar-refractivity contribution in [3.05, 3.63) is 60.0 Å². The molecule has 0 saturated carbocycles. The molecule has 0 saturated heterocycles. The first-order valence-electron chi connectivity index (χ1n) is 8.65. The zero-order valence-corrected chi connectivity index (χ0v) is 12.4. The summed E-state index contributed by atoms with van der Waals surface area (Å²) in [6, 6.07) is 13.5. The summed E-state index contributed by atoms with van der Waals surface area (Å²) in [5, 5.41) is 1.70. The van der Waals surface area contributed by atoms with Crippen molar-refractivity contribution in [1.29, 1.82) is 0 Å². The van der Waals surface area contributed by atoms with Crippen molar-refractivity contribution in [2.45, 2.75) is 13.8 Å². The standard InChI is InChI=1S/C19H17N2O/c1-12-17(15-9-6-7-11-21(15)3)18-14-8-4-5-10-16(14)22-19(18)13(2)20-12/h4-11H,1-3H3/q+1/i2D3. The van der Waals surface area contributed by atoms with E-state index in [2.05, 4.69) is 4.98 Å². The molecule has 0 fully saturated rings. The van der Waals surface area contributed by atoms with E-state index in [1.54, 1.807) is 0 Å². The lowest BCUT2D eigenvalue weighted by Gasteiger charge is -2.07. The summed E-state index contributed by atoms with van der Waals surface area (Å²) in [6.07, 6.45) is 1.96. The number of hydrogen-bond acceptors (Lipinski definition) is 2. The fourth-order valence-electron chi connectivity index (χ4n) is 3.01. The van der Waals surface area contributed by atoms with Gasteiger partial charge in [0.15, 0.2) is 11.8 Å². The lowest BCUT2D eigenvalue weighted by molar-refractivity contribution is -0.660. The monoisotopic (exact) mass is 292 g/mol. The SMILES string of the molecule is [2H]C([2H])([2H])c1nc(C)c(-c2cccc[n+]2C)c2c1oc1ccccc12. The van der Waals surface area contributed by atoms with Gasteiger partial charge in [-0.2, -0.15) is 0 Å². The van der Waals surface area contributed by atoms with Gasteiger partial charge in [0, 0.05) is 27.0 Å². The van der Waals surface area contributed by atoms with Crippen LogP contribution in [-0.4, -0.2) is 4.98 Å². The summed E-state index contributed by atoms with van der Waals surface area (Å²) in [4.78, 5) is 4.42. The lowest BCUT2D eigenvalue weighted by Crippen LogP contribution is -2.30. The van der Waals surface area contributed by atoms with E-state index in [0.29, 0.717) is 16.9 Å². The second kappa shape index (κ2) is 4.67. The zero-order valence-electron chi connectivity index (χ0n) is 15.4. The highest BCUT2D eigenvalue weighted by molar-refractivity contribution is 6.12. The predicted octanol–water partition coefficient (Wildman–Crippen LogP) is 4.09. The van der Waals surface area contributed by atoms with Crippen LogP contribution in [0.2, 0.25) is 0 Å². The molecule has 0 aliphatic heterocycles. The highest BCUT2D eigenvalue weighted by atomic mass is 16.3. The van der Waals surface area contributed by atoms with Gasteiger partial charge < -0.3 is 4.42 Å². The highest BCUT2D eigenvalue weighted by Gasteiger charge is 2.22. The Morgan fingerprint density at radius 2 is 1.91 bits per heavy atom. The molecule has 1 aromatic carbocycles. The molecule has 3 nitrogen and oxygen atoms in total. The molecule has 0 N–H and O–H groups in total. The van der Waals surface area contributed by atoms with Crippen LogP contribution < -0.4 is 4.57 Å². The molecule has 4 rings (SSSR count). The molecular weight excluding hydrogens is 272 g/mol. The molecule has 0 aliphatic rings. The number of nitrogens with zero attached hydrogens (tertiary/aromatic N) is 2. The summed E-state index contributed by atoms with van der Waals surface area (Å²) in [6.45, 7) is -0.493. The van der Waals surface area contributed by atoms with Gasteiger partial charge >= 0.3 is 0 Å². The van der Waals surface area contributed by atoms with Gasteiger partial charge in [-0.05, 0) is 25.9 Å². The van der Waals surface area contributed by atoms with E-state index < -0.39 is 6.85 Å². The van der Waals surface area contributed by atoms with Crippen LogP contribution in [0, 0.1) is 13.8 Å². The molecule has 0 radical (unpaired) electrons. The Hall–Kier alpha value is -2.68. The van der Waals surface area contributed by atoms with Gasteiger partial charge in [-0.3, -0.25) is 4.98 Å². The van der Waals surface area contributed by atoms with Crippen molar-refractivity contribution in [2.75, 3.05) is 0 Å². The third-order valence-corrected chi connectivity index (χ3v) is 4.01. The normalized spacial score (nSPS) is 14.0. The van der Waals surface area contributed by atoms with Crippen LogP contribution in [0.25, 0.3) is 33.2 Å².